The van der Waals surface area contributed by atoms with Crippen LogP contribution in [-0.2, 0) is 17.8 Å². The zero-order valence-electron chi connectivity index (χ0n) is 13.6. The summed E-state index contributed by atoms with van der Waals surface area (Å²) in [5.74, 6) is 1.30. The van der Waals surface area contributed by atoms with Gasteiger partial charge in [0, 0.05) is 26.3 Å². The Kier molecular flexibility index (Phi) is 5.12. The predicted molar refractivity (Wildman–Crippen MR) is 86.6 cm³/mol. The molecule has 0 radical (unpaired) electrons. The molecular formula is C17H24N4O2. The van der Waals surface area contributed by atoms with Crippen molar-refractivity contribution in [2.24, 2.45) is 5.92 Å². The topological polar surface area (TPSA) is 65.4 Å². The normalized spacial score (nSPS) is 18.9. The minimum absolute atomic E-state index is 0.0908. The molecule has 23 heavy (non-hydrogen) atoms. The fourth-order valence-electron chi connectivity index (χ4n) is 3.16. The molecule has 3 heterocycles. The monoisotopic (exact) mass is 316 g/mol. The molecule has 0 saturated carbocycles. The van der Waals surface area contributed by atoms with Crippen LogP contribution >= 0.6 is 0 Å². The predicted octanol–water partition coefficient (Wildman–Crippen LogP) is 1.92. The molecule has 1 atom stereocenters. The molecule has 0 aromatic carbocycles. The molecule has 0 aliphatic carbocycles. The zero-order valence-corrected chi connectivity index (χ0v) is 13.6. The van der Waals surface area contributed by atoms with Crippen LogP contribution in [0.2, 0.25) is 0 Å². The molecule has 0 bridgehead atoms. The van der Waals surface area contributed by atoms with Gasteiger partial charge in [0.25, 0.3) is 0 Å². The van der Waals surface area contributed by atoms with Crippen LogP contribution in [0, 0.1) is 5.92 Å². The van der Waals surface area contributed by atoms with Crippen molar-refractivity contribution in [3.63, 3.8) is 0 Å². The highest BCUT2D eigenvalue weighted by Gasteiger charge is 2.28. The van der Waals surface area contributed by atoms with Gasteiger partial charge in [0.1, 0.15) is 5.76 Å². The Balaban J connectivity index is 1.49. The van der Waals surface area contributed by atoms with Crippen molar-refractivity contribution in [3.8, 4) is 0 Å². The SMILES string of the molecule is CN(CCc1cn[nH]c1)C(=O)[C@@H]1CCCN(Cc2ccco2)C1. The number of carbonyl (C=O) groups excluding carboxylic acids is 1. The van der Waals surface area contributed by atoms with Crippen LogP contribution in [0.5, 0.6) is 0 Å². The molecule has 124 valence electrons. The number of rotatable bonds is 6. The van der Waals surface area contributed by atoms with Crippen molar-refractivity contribution in [2.45, 2.75) is 25.8 Å². The average molecular weight is 316 g/mol. The van der Waals surface area contributed by atoms with Crippen LogP contribution in [0.25, 0.3) is 0 Å². The van der Waals surface area contributed by atoms with E-state index in [2.05, 4.69) is 15.1 Å². The lowest BCUT2D eigenvalue weighted by atomic mass is 9.96. The number of hydrogen-bond acceptors (Lipinski definition) is 4. The zero-order chi connectivity index (χ0) is 16.1. The number of furan rings is 1. The minimum atomic E-state index is 0.0908. The molecule has 1 N–H and O–H groups in total. The standard InChI is InChI=1S/C17H24N4O2/c1-20(8-6-14-10-18-19-11-14)17(22)15-4-2-7-21(12-15)13-16-5-3-9-23-16/h3,5,9-11,15H,2,4,6-8,12-13H2,1H3,(H,18,19)/t15-/m1/s1. The molecule has 0 unspecified atom stereocenters. The summed E-state index contributed by atoms with van der Waals surface area (Å²) < 4.78 is 5.41. The third kappa shape index (κ3) is 4.22. The highest BCUT2D eigenvalue weighted by Crippen LogP contribution is 2.20. The molecule has 1 aliphatic heterocycles. The Hall–Kier alpha value is -2.08. The molecule has 1 amide bonds. The van der Waals surface area contributed by atoms with Crippen LogP contribution < -0.4 is 0 Å². The van der Waals surface area contributed by atoms with Gasteiger partial charge in [0.2, 0.25) is 5.91 Å². The van der Waals surface area contributed by atoms with E-state index in [1.54, 1.807) is 6.26 Å². The van der Waals surface area contributed by atoms with Crippen molar-refractivity contribution < 1.29 is 9.21 Å². The van der Waals surface area contributed by atoms with Gasteiger partial charge in [-0.05, 0) is 43.5 Å². The van der Waals surface area contributed by atoms with Crippen molar-refractivity contribution in [1.82, 2.24) is 20.0 Å². The second kappa shape index (κ2) is 7.46. The van der Waals surface area contributed by atoms with E-state index in [4.69, 9.17) is 4.42 Å². The van der Waals surface area contributed by atoms with E-state index in [9.17, 15) is 4.79 Å². The van der Waals surface area contributed by atoms with E-state index in [1.807, 2.05) is 36.5 Å². The molecule has 1 fully saturated rings. The third-order valence-corrected chi connectivity index (χ3v) is 4.48. The number of aromatic amines is 1. The van der Waals surface area contributed by atoms with Gasteiger partial charge >= 0.3 is 0 Å². The number of likely N-dealkylation sites (tertiary alicyclic amines) is 1. The molecule has 1 aliphatic rings. The van der Waals surface area contributed by atoms with Gasteiger partial charge in [0.05, 0.1) is 24.9 Å². The van der Waals surface area contributed by atoms with Crippen LogP contribution in [0.15, 0.2) is 35.2 Å². The molecule has 0 spiro atoms. The fraction of sp³-hybridized carbons (Fsp3) is 0.529. The van der Waals surface area contributed by atoms with Gasteiger partial charge in [0.15, 0.2) is 0 Å². The van der Waals surface area contributed by atoms with E-state index in [0.29, 0.717) is 0 Å². The van der Waals surface area contributed by atoms with Crippen LogP contribution in [0.1, 0.15) is 24.2 Å². The van der Waals surface area contributed by atoms with Crippen molar-refractivity contribution >= 4 is 5.91 Å². The second-order valence-corrected chi connectivity index (χ2v) is 6.27. The summed E-state index contributed by atoms with van der Waals surface area (Å²) in [6.07, 6.45) is 8.26. The molecule has 6 heteroatoms. The Morgan fingerprint density at radius 1 is 1.57 bits per heavy atom. The highest BCUT2D eigenvalue weighted by molar-refractivity contribution is 5.78. The van der Waals surface area contributed by atoms with Gasteiger partial charge in [-0.1, -0.05) is 0 Å². The minimum Gasteiger partial charge on any atom is -0.468 e. The van der Waals surface area contributed by atoms with Gasteiger partial charge in [-0.15, -0.1) is 0 Å². The third-order valence-electron chi connectivity index (χ3n) is 4.48. The molecule has 3 rings (SSSR count). The maximum atomic E-state index is 12.7. The van der Waals surface area contributed by atoms with E-state index in [1.165, 1.54) is 0 Å². The van der Waals surface area contributed by atoms with E-state index in [0.717, 1.165) is 56.8 Å². The summed E-state index contributed by atoms with van der Waals surface area (Å²) >= 11 is 0. The highest BCUT2D eigenvalue weighted by atomic mass is 16.3. The Bertz CT molecular complexity index is 594. The summed E-state index contributed by atoms with van der Waals surface area (Å²) in [4.78, 5) is 16.8. The second-order valence-electron chi connectivity index (χ2n) is 6.27. The maximum absolute atomic E-state index is 12.7. The Labute approximate surface area is 136 Å². The molecule has 2 aromatic rings. The van der Waals surface area contributed by atoms with Gasteiger partial charge < -0.3 is 9.32 Å². The van der Waals surface area contributed by atoms with Crippen LogP contribution in [0.3, 0.4) is 0 Å². The van der Waals surface area contributed by atoms with Crippen LogP contribution in [-0.4, -0.2) is 52.6 Å². The Morgan fingerprint density at radius 2 is 2.48 bits per heavy atom. The number of likely N-dealkylation sites (N-methyl/N-ethyl adjacent to an activating group) is 1. The van der Waals surface area contributed by atoms with Gasteiger partial charge in [-0.2, -0.15) is 5.10 Å². The molecule has 2 aromatic heterocycles. The van der Waals surface area contributed by atoms with Gasteiger partial charge in [-0.25, -0.2) is 0 Å². The molecule has 6 nitrogen and oxygen atoms in total. The van der Waals surface area contributed by atoms with Crippen molar-refractivity contribution in [1.29, 1.82) is 0 Å². The largest absolute Gasteiger partial charge is 0.468 e. The van der Waals surface area contributed by atoms with Crippen LogP contribution in [0.4, 0.5) is 0 Å². The lowest BCUT2D eigenvalue weighted by molar-refractivity contribution is -0.136. The number of nitrogens with zero attached hydrogens (tertiary/aromatic N) is 3. The number of carbonyl (C=O) groups is 1. The van der Waals surface area contributed by atoms with E-state index >= 15 is 0 Å². The smallest absolute Gasteiger partial charge is 0.226 e. The summed E-state index contributed by atoms with van der Waals surface area (Å²) in [6, 6.07) is 3.90. The van der Waals surface area contributed by atoms with Crippen molar-refractivity contribution in [2.75, 3.05) is 26.7 Å². The number of nitrogens with one attached hydrogen (secondary N) is 1. The number of piperidine rings is 1. The quantitative estimate of drug-likeness (QED) is 0.884. The van der Waals surface area contributed by atoms with Crippen molar-refractivity contribution in [3.05, 3.63) is 42.1 Å². The average Bonchev–Trinajstić information content (AvgIpc) is 3.25. The number of aromatic nitrogens is 2. The summed E-state index contributed by atoms with van der Waals surface area (Å²) in [6.45, 7) is 3.36. The number of H-pyrrole nitrogens is 1. The molecular weight excluding hydrogens is 292 g/mol. The summed E-state index contributed by atoms with van der Waals surface area (Å²) in [5.41, 5.74) is 1.13. The number of hydrogen-bond donors (Lipinski definition) is 1. The Morgan fingerprint density at radius 3 is 3.22 bits per heavy atom. The summed E-state index contributed by atoms with van der Waals surface area (Å²) in [7, 11) is 1.90. The number of amides is 1. The van der Waals surface area contributed by atoms with E-state index in [-0.39, 0.29) is 11.8 Å². The lowest BCUT2D eigenvalue weighted by Crippen LogP contribution is -2.43. The lowest BCUT2D eigenvalue weighted by Gasteiger charge is -2.33. The first-order valence-corrected chi connectivity index (χ1v) is 8.20. The van der Waals surface area contributed by atoms with E-state index < -0.39 is 0 Å². The molecule has 1 saturated heterocycles. The first-order valence-electron chi connectivity index (χ1n) is 8.20. The maximum Gasteiger partial charge on any atom is 0.226 e. The van der Waals surface area contributed by atoms with Gasteiger partial charge in [-0.3, -0.25) is 14.8 Å². The first kappa shape index (κ1) is 15.8. The fourth-order valence-corrected chi connectivity index (χ4v) is 3.16. The first-order chi connectivity index (χ1) is 11.2. The summed E-state index contributed by atoms with van der Waals surface area (Å²) in [5, 5.41) is 6.74.